The van der Waals surface area contributed by atoms with E-state index in [9.17, 15) is 9.59 Å². The summed E-state index contributed by atoms with van der Waals surface area (Å²) in [5.41, 5.74) is 1.26. The maximum Gasteiger partial charge on any atom is 0.308 e. The molecule has 0 saturated carbocycles. The average Bonchev–Trinajstić information content (AvgIpc) is 2.69. The highest BCUT2D eigenvalue weighted by molar-refractivity contribution is 5.95. The molecule has 144 valence electrons. The molecular formula is C20H23NO6. The molecule has 2 aromatic carbocycles. The first-order valence-corrected chi connectivity index (χ1v) is 8.40. The molecule has 0 aliphatic carbocycles. The van der Waals surface area contributed by atoms with Gasteiger partial charge in [0.15, 0.2) is 11.5 Å². The van der Waals surface area contributed by atoms with Gasteiger partial charge in [-0.2, -0.15) is 0 Å². The number of aliphatic carboxylic acids is 1. The normalized spacial score (nSPS) is 11.4. The number of amides is 1. The molecule has 1 amide bonds. The fraction of sp³-hybridized carbons (Fsp3) is 0.300. The summed E-state index contributed by atoms with van der Waals surface area (Å²) in [6.45, 7) is 1.85. The Balaban J connectivity index is 2.19. The number of hydrogen-bond acceptors (Lipinski definition) is 5. The van der Waals surface area contributed by atoms with Gasteiger partial charge in [-0.05, 0) is 17.7 Å². The van der Waals surface area contributed by atoms with E-state index in [0.717, 1.165) is 5.56 Å². The van der Waals surface area contributed by atoms with Crippen LogP contribution in [0.1, 0.15) is 22.8 Å². The zero-order valence-corrected chi connectivity index (χ0v) is 15.5. The van der Waals surface area contributed by atoms with E-state index in [1.165, 1.54) is 33.3 Å². The highest BCUT2D eigenvalue weighted by Crippen LogP contribution is 2.39. The molecule has 0 aliphatic heterocycles. The Bertz CT molecular complexity index is 765. The molecule has 1 atom stereocenters. The van der Waals surface area contributed by atoms with Gasteiger partial charge in [-0.15, -0.1) is 0 Å². The van der Waals surface area contributed by atoms with Crippen LogP contribution >= 0.6 is 0 Å². The zero-order valence-electron chi connectivity index (χ0n) is 15.5. The number of rotatable bonds is 9. The summed E-state index contributed by atoms with van der Waals surface area (Å²) in [4.78, 5) is 23.2. The lowest BCUT2D eigenvalue weighted by Gasteiger charge is -2.16. The Labute approximate surface area is 157 Å². The third-order valence-electron chi connectivity index (χ3n) is 3.94. The molecule has 2 aromatic rings. The lowest BCUT2D eigenvalue weighted by atomic mass is 10.1. The van der Waals surface area contributed by atoms with Crippen LogP contribution in [0.15, 0.2) is 42.5 Å². The van der Waals surface area contributed by atoms with Crippen molar-refractivity contribution in [3.63, 3.8) is 0 Å². The van der Waals surface area contributed by atoms with Crippen LogP contribution in [0.25, 0.3) is 0 Å². The highest BCUT2D eigenvalue weighted by Gasteiger charge is 2.19. The van der Waals surface area contributed by atoms with E-state index >= 15 is 0 Å². The smallest absolute Gasteiger partial charge is 0.308 e. The molecule has 27 heavy (non-hydrogen) atoms. The minimum Gasteiger partial charge on any atom is -0.493 e. The van der Waals surface area contributed by atoms with Crippen molar-refractivity contribution in [2.24, 2.45) is 5.92 Å². The number of carbonyl (C=O) groups excluding carboxylic acids is 1. The van der Waals surface area contributed by atoms with Gasteiger partial charge < -0.3 is 24.6 Å². The minimum atomic E-state index is -0.977. The van der Waals surface area contributed by atoms with Crippen molar-refractivity contribution in [2.45, 2.75) is 13.5 Å². The van der Waals surface area contributed by atoms with Crippen LogP contribution in [0.5, 0.6) is 17.2 Å². The van der Waals surface area contributed by atoms with Gasteiger partial charge in [0.05, 0.1) is 20.1 Å². The number of benzene rings is 2. The van der Waals surface area contributed by atoms with Crippen LogP contribution in [0.4, 0.5) is 0 Å². The first kappa shape index (κ1) is 20.1. The molecular weight excluding hydrogens is 350 g/mol. The molecule has 2 N–H and O–H groups in total. The summed E-state index contributed by atoms with van der Waals surface area (Å²) in [7, 11) is 2.94. The van der Waals surface area contributed by atoms with Gasteiger partial charge in [0.2, 0.25) is 5.75 Å². The molecule has 0 aliphatic rings. The van der Waals surface area contributed by atoms with Crippen molar-refractivity contribution in [3.8, 4) is 17.2 Å². The summed E-state index contributed by atoms with van der Waals surface area (Å²) in [5.74, 6) is -1.00. The lowest BCUT2D eigenvalue weighted by Crippen LogP contribution is -2.31. The fourth-order valence-corrected chi connectivity index (χ4v) is 2.32. The van der Waals surface area contributed by atoms with Crippen LogP contribution in [-0.4, -0.2) is 37.7 Å². The fourth-order valence-electron chi connectivity index (χ4n) is 2.32. The Morgan fingerprint density at radius 3 is 2.19 bits per heavy atom. The molecule has 0 radical (unpaired) electrons. The maximum atomic E-state index is 12.3. The van der Waals surface area contributed by atoms with E-state index < -0.39 is 17.8 Å². The van der Waals surface area contributed by atoms with Crippen LogP contribution < -0.4 is 19.5 Å². The third kappa shape index (κ3) is 5.37. The second kappa shape index (κ2) is 9.47. The Kier molecular flexibility index (Phi) is 7.05. The number of carboxylic acids is 1. The van der Waals surface area contributed by atoms with Crippen LogP contribution in [0, 0.1) is 5.92 Å². The number of carbonyl (C=O) groups is 2. The molecule has 2 rings (SSSR count). The summed E-state index contributed by atoms with van der Waals surface area (Å²) >= 11 is 0. The lowest BCUT2D eigenvalue weighted by molar-refractivity contribution is -0.140. The van der Waals surface area contributed by atoms with Gasteiger partial charge in [-0.25, -0.2) is 0 Å². The SMILES string of the molecule is COc1cc(C(=O)NCC(C)C(=O)O)cc(OC)c1OCc1ccccc1. The predicted molar refractivity (Wildman–Crippen MR) is 99.5 cm³/mol. The molecule has 1 unspecified atom stereocenters. The van der Waals surface area contributed by atoms with Gasteiger partial charge >= 0.3 is 5.97 Å². The average molecular weight is 373 g/mol. The molecule has 7 nitrogen and oxygen atoms in total. The molecule has 0 bridgehead atoms. The zero-order chi connectivity index (χ0) is 19.8. The Hall–Kier alpha value is -3.22. The largest absolute Gasteiger partial charge is 0.493 e. The quantitative estimate of drug-likeness (QED) is 0.702. The van der Waals surface area contributed by atoms with Crippen molar-refractivity contribution >= 4 is 11.9 Å². The monoisotopic (exact) mass is 373 g/mol. The minimum absolute atomic E-state index is 0.0189. The van der Waals surface area contributed by atoms with Crippen molar-refractivity contribution in [2.75, 3.05) is 20.8 Å². The first-order valence-electron chi connectivity index (χ1n) is 8.40. The molecule has 0 spiro atoms. The summed E-state index contributed by atoms with van der Waals surface area (Å²) in [5, 5.41) is 11.5. The highest BCUT2D eigenvalue weighted by atomic mass is 16.5. The number of methoxy groups -OCH3 is 2. The molecule has 0 heterocycles. The summed E-state index contributed by atoms with van der Waals surface area (Å²) < 4.78 is 16.5. The topological polar surface area (TPSA) is 94.1 Å². The molecule has 0 aromatic heterocycles. The van der Waals surface area contributed by atoms with Gasteiger partial charge in [0.1, 0.15) is 6.61 Å². The van der Waals surface area contributed by atoms with Gasteiger partial charge in [-0.1, -0.05) is 37.3 Å². The van der Waals surface area contributed by atoms with Crippen LogP contribution in [0.3, 0.4) is 0 Å². The van der Waals surface area contributed by atoms with Gasteiger partial charge in [-0.3, -0.25) is 9.59 Å². The van der Waals surface area contributed by atoms with Crippen molar-refractivity contribution in [1.29, 1.82) is 0 Å². The van der Waals surface area contributed by atoms with Crippen molar-refractivity contribution in [1.82, 2.24) is 5.32 Å². The van der Waals surface area contributed by atoms with E-state index in [1.807, 2.05) is 30.3 Å². The number of hydrogen-bond donors (Lipinski definition) is 2. The van der Waals surface area contributed by atoms with Gasteiger partial charge in [0.25, 0.3) is 5.91 Å². The Morgan fingerprint density at radius 2 is 1.67 bits per heavy atom. The van der Waals surface area contributed by atoms with Crippen LogP contribution in [0.2, 0.25) is 0 Å². The van der Waals surface area contributed by atoms with Crippen molar-refractivity contribution in [3.05, 3.63) is 53.6 Å². The second-order valence-electron chi connectivity index (χ2n) is 5.93. The van der Waals surface area contributed by atoms with Crippen molar-refractivity contribution < 1.29 is 28.9 Å². The van der Waals surface area contributed by atoms with Crippen LogP contribution in [-0.2, 0) is 11.4 Å². The Morgan fingerprint density at radius 1 is 1.07 bits per heavy atom. The summed E-state index contributed by atoms with van der Waals surface area (Å²) in [6.07, 6.45) is 0. The molecule has 0 fully saturated rings. The standard InChI is InChI=1S/C20H23NO6/c1-13(20(23)24)11-21-19(22)15-9-16(25-2)18(17(10-15)26-3)27-12-14-7-5-4-6-8-14/h4-10,13H,11-12H2,1-3H3,(H,21,22)(H,23,24). The number of carboxylic acid groups (broad SMARTS) is 1. The van der Waals surface area contributed by atoms with E-state index in [2.05, 4.69) is 5.32 Å². The third-order valence-corrected chi connectivity index (χ3v) is 3.94. The second-order valence-corrected chi connectivity index (χ2v) is 5.93. The van der Waals surface area contributed by atoms with E-state index in [0.29, 0.717) is 23.9 Å². The maximum absolute atomic E-state index is 12.3. The molecule has 0 saturated heterocycles. The number of nitrogens with one attached hydrogen (secondary N) is 1. The van der Waals surface area contributed by atoms with E-state index in [4.69, 9.17) is 19.3 Å². The summed E-state index contributed by atoms with van der Waals surface area (Å²) in [6, 6.07) is 12.7. The first-order chi connectivity index (χ1) is 13.0. The van der Waals surface area contributed by atoms with E-state index in [1.54, 1.807) is 0 Å². The predicted octanol–water partition coefficient (Wildman–Crippen LogP) is 2.73. The number of ether oxygens (including phenoxy) is 3. The van der Waals surface area contributed by atoms with E-state index in [-0.39, 0.29) is 12.1 Å². The molecule has 7 heteroatoms. The van der Waals surface area contributed by atoms with Gasteiger partial charge in [0, 0.05) is 12.1 Å².